The van der Waals surface area contributed by atoms with Gasteiger partial charge in [-0.15, -0.1) is 12.4 Å². The van der Waals surface area contributed by atoms with Crippen molar-refractivity contribution in [1.82, 2.24) is 10.2 Å². The second-order valence-electron chi connectivity index (χ2n) is 5.37. The van der Waals surface area contributed by atoms with Crippen molar-refractivity contribution in [1.29, 1.82) is 0 Å². The summed E-state index contributed by atoms with van der Waals surface area (Å²) in [5.41, 5.74) is 1.57. The molecule has 1 saturated heterocycles. The van der Waals surface area contributed by atoms with Gasteiger partial charge in [-0.3, -0.25) is 9.69 Å². The van der Waals surface area contributed by atoms with Crippen molar-refractivity contribution in [2.75, 3.05) is 38.6 Å². The van der Waals surface area contributed by atoms with Crippen molar-refractivity contribution in [3.8, 4) is 5.75 Å². The van der Waals surface area contributed by atoms with Crippen LogP contribution in [0, 0.1) is 6.92 Å². The Labute approximate surface area is 142 Å². The zero-order valence-corrected chi connectivity index (χ0v) is 14.7. The van der Waals surface area contributed by atoms with E-state index in [1.807, 2.05) is 13.0 Å². The quantitative estimate of drug-likeness (QED) is 0.877. The maximum Gasteiger partial charge on any atom is 0.238 e. The highest BCUT2D eigenvalue weighted by atomic mass is 35.5. The lowest BCUT2D eigenvalue weighted by molar-refractivity contribution is -0.118. The molecule has 1 aliphatic rings. The standard InChI is InChI=1S/C15H22ClN3O2.ClH/c1-10-6-13(14(21-3)7-12(10)16)18-15(20)9-19-5-4-17-8-11(19)2;/h6-7,11,17H,4-5,8-9H2,1-3H3,(H,18,20);1H/t11-;/m0./s1. The third kappa shape index (κ3) is 4.74. The Morgan fingerprint density at radius 1 is 1.55 bits per heavy atom. The molecule has 0 bridgehead atoms. The molecule has 1 fully saturated rings. The van der Waals surface area contributed by atoms with Crippen LogP contribution in [0.15, 0.2) is 12.1 Å². The van der Waals surface area contributed by atoms with Crippen LogP contribution >= 0.6 is 24.0 Å². The second kappa shape index (κ2) is 8.58. The Morgan fingerprint density at radius 3 is 2.91 bits per heavy atom. The average molecular weight is 348 g/mol. The van der Waals surface area contributed by atoms with E-state index in [1.165, 1.54) is 0 Å². The van der Waals surface area contributed by atoms with Crippen LogP contribution in [0.3, 0.4) is 0 Å². The number of hydrogen-bond acceptors (Lipinski definition) is 4. The number of methoxy groups -OCH3 is 1. The average Bonchev–Trinajstić information content (AvgIpc) is 2.45. The van der Waals surface area contributed by atoms with Crippen molar-refractivity contribution in [3.63, 3.8) is 0 Å². The number of carbonyl (C=O) groups is 1. The van der Waals surface area contributed by atoms with Crippen LogP contribution in [-0.4, -0.2) is 50.1 Å². The summed E-state index contributed by atoms with van der Waals surface area (Å²) in [4.78, 5) is 14.4. The molecule has 1 amide bonds. The highest BCUT2D eigenvalue weighted by molar-refractivity contribution is 6.31. The Balaban J connectivity index is 0.00000242. The molecule has 0 aromatic heterocycles. The first kappa shape index (κ1) is 19.0. The van der Waals surface area contributed by atoms with Crippen LogP contribution < -0.4 is 15.4 Å². The molecule has 0 unspecified atom stereocenters. The summed E-state index contributed by atoms with van der Waals surface area (Å²) in [5.74, 6) is 0.538. The van der Waals surface area contributed by atoms with E-state index in [0.29, 0.717) is 29.0 Å². The molecule has 1 heterocycles. The lowest BCUT2D eigenvalue weighted by Crippen LogP contribution is -2.52. The molecule has 0 radical (unpaired) electrons. The molecule has 1 aliphatic heterocycles. The Hall–Kier alpha value is -1.01. The largest absolute Gasteiger partial charge is 0.495 e. The number of nitrogens with one attached hydrogen (secondary N) is 2. The fourth-order valence-electron chi connectivity index (χ4n) is 2.42. The van der Waals surface area contributed by atoms with Gasteiger partial charge < -0.3 is 15.4 Å². The summed E-state index contributed by atoms with van der Waals surface area (Å²) in [5, 5.41) is 6.85. The van der Waals surface area contributed by atoms with Crippen molar-refractivity contribution in [3.05, 3.63) is 22.7 Å². The second-order valence-corrected chi connectivity index (χ2v) is 5.78. The Morgan fingerprint density at radius 2 is 2.27 bits per heavy atom. The molecule has 124 valence electrons. The highest BCUT2D eigenvalue weighted by Crippen LogP contribution is 2.30. The van der Waals surface area contributed by atoms with Crippen LogP contribution in [0.4, 0.5) is 5.69 Å². The molecule has 5 nitrogen and oxygen atoms in total. The monoisotopic (exact) mass is 347 g/mol. The normalized spacial score (nSPS) is 18.5. The number of ether oxygens (including phenoxy) is 1. The molecule has 0 spiro atoms. The summed E-state index contributed by atoms with van der Waals surface area (Å²) in [6.07, 6.45) is 0. The van der Waals surface area contributed by atoms with Crippen LogP contribution in [0.25, 0.3) is 0 Å². The molecule has 2 N–H and O–H groups in total. The van der Waals surface area contributed by atoms with Crippen LogP contribution in [0.5, 0.6) is 5.75 Å². The maximum absolute atomic E-state index is 12.2. The molecule has 22 heavy (non-hydrogen) atoms. The van der Waals surface area contributed by atoms with E-state index < -0.39 is 0 Å². The smallest absolute Gasteiger partial charge is 0.238 e. The first-order chi connectivity index (χ1) is 10.0. The van der Waals surface area contributed by atoms with Gasteiger partial charge in [0.1, 0.15) is 5.75 Å². The third-order valence-corrected chi connectivity index (χ3v) is 4.15. The molecule has 7 heteroatoms. The number of rotatable bonds is 4. The van der Waals surface area contributed by atoms with Gasteiger partial charge in [0.05, 0.1) is 19.3 Å². The summed E-state index contributed by atoms with van der Waals surface area (Å²) < 4.78 is 5.27. The lowest BCUT2D eigenvalue weighted by atomic mass is 10.2. The first-order valence-corrected chi connectivity index (χ1v) is 7.48. The number of halogens is 2. The van der Waals surface area contributed by atoms with Gasteiger partial charge in [-0.1, -0.05) is 11.6 Å². The van der Waals surface area contributed by atoms with Gasteiger partial charge in [0.15, 0.2) is 0 Å². The van der Waals surface area contributed by atoms with Crippen molar-refractivity contribution >= 4 is 35.6 Å². The van der Waals surface area contributed by atoms with Gasteiger partial charge in [0.2, 0.25) is 5.91 Å². The van der Waals surface area contributed by atoms with Crippen molar-refractivity contribution < 1.29 is 9.53 Å². The maximum atomic E-state index is 12.2. The molecular weight excluding hydrogens is 325 g/mol. The van der Waals surface area contributed by atoms with E-state index in [-0.39, 0.29) is 18.3 Å². The fraction of sp³-hybridized carbons (Fsp3) is 0.533. The third-order valence-electron chi connectivity index (χ3n) is 3.74. The molecule has 2 rings (SSSR count). The molecule has 1 atom stereocenters. The van der Waals surface area contributed by atoms with Gasteiger partial charge in [0.25, 0.3) is 0 Å². The van der Waals surface area contributed by atoms with Crippen LogP contribution in [-0.2, 0) is 4.79 Å². The Kier molecular flexibility index (Phi) is 7.42. The lowest BCUT2D eigenvalue weighted by Gasteiger charge is -2.33. The molecular formula is C15H23Cl2N3O2. The van der Waals surface area contributed by atoms with Crippen molar-refractivity contribution in [2.24, 2.45) is 0 Å². The number of amides is 1. The number of hydrogen-bond donors (Lipinski definition) is 2. The van der Waals surface area contributed by atoms with Gasteiger partial charge in [-0.05, 0) is 25.5 Å². The van der Waals surface area contributed by atoms with Gasteiger partial charge in [-0.25, -0.2) is 0 Å². The number of anilines is 1. The topological polar surface area (TPSA) is 53.6 Å². The van der Waals surface area contributed by atoms with Crippen LogP contribution in [0.1, 0.15) is 12.5 Å². The minimum Gasteiger partial charge on any atom is -0.495 e. The SMILES string of the molecule is COc1cc(Cl)c(C)cc1NC(=O)CN1CCNC[C@@H]1C.Cl. The molecule has 1 aromatic rings. The van der Waals surface area contributed by atoms with E-state index in [2.05, 4.69) is 22.5 Å². The number of nitrogens with zero attached hydrogens (tertiary/aromatic N) is 1. The summed E-state index contributed by atoms with van der Waals surface area (Å²) in [6, 6.07) is 3.92. The van der Waals surface area contributed by atoms with E-state index in [0.717, 1.165) is 25.2 Å². The minimum atomic E-state index is -0.0382. The molecule has 0 aliphatic carbocycles. The summed E-state index contributed by atoms with van der Waals surface area (Å²) >= 11 is 6.07. The van der Waals surface area contributed by atoms with Gasteiger partial charge in [-0.2, -0.15) is 0 Å². The van der Waals surface area contributed by atoms with E-state index in [9.17, 15) is 4.79 Å². The van der Waals surface area contributed by atoms with Gasteiger partial charge in [0, 0.05) is 36.8 Å². The number of piperazine rings is 1. The minimum absolute atomic E-state index is 0. The fourth-order valence-corrected chi connectivity index (χ4v) is 2.58. The zero-order chi connectivity index (χ0) is 15.4. The van der Waals surface area contributed by atoms with E-state index >= 15 is 0 Å². The number of benzene rings is 1. The van der Waals surface area contributed by atoms with E-state index in [1.54, 1.807) is 13.2 Å². The highest BCUT2D eigenvalue weighted by Gasteiger charge is 2.20. The number of carbonyl (C=O) groups excluding carboxylic acids is 1. The van der Waals surface area contributed by atoms with Crippen LogP contribution in [0.2, 0.25) is 5.02 Å². The first-order valence-electron chi connectivity index (χ1n) is 7.10. The zero-order valence-electron chi connectivity index (χ0n) is 13.1. The predicted molar refractivity (Wildman–Crippen MR) is 92.5 cm³/mol. The van der Waals surface area contributed by atoms with Crippen molar-refractivity contribution in [2.45, 2.75) is 19.9 Å². The number of aryl methyl sites for hydroxylation is 1. The Bertz CT molecular complexity index is 526. The predicted octanol–water partition coefficient (Wildman–Crippen LogP) is 2.31. The van der Waals surface area contributed by atoms with Gasteiger partial charge >= 0.3 is 0 Å². The van der Waals surface area contributed by atoms with E-state index in [4.69, 9.17) is 16.3 Å². The summed E-state index contributed by atoms with van der Waals surface area (Å²) in [7, 11) is 1.56. The molecule has 1 aromatic carbocycles. The summed E-state index contributed by atoms with van der Waals surface area (Å²) in [6.45, 7) is 7.11. The molecule has 0 saturated carbocycles.